The normalized spacial score (nSPS) is 20.2. The molecular weight excluding hydrogens is 226 g/mol. The Morgan fingerprint density at radius 1 is 1.22 bits per heavy atom. The topological polar surface area (TPSA) is 40.5 Å². The van der Waals surface area contributed by atoms with Gasteiger partial charge in [-0.2, -0.15) is 0 Å². The average Bonchev–Trinajstić information content (AvgIpc) is 2.38. The second kappa shape index (κ2) is 6.55. The van der Waals surface area contributed by atoms with Gasteiger partial charge in [0.1, 0.15) is 6.23 Å². The van der Waals surface area contributed by atoms with Crippen LogP contribution in [0, 0.1) is 0 Å². The molecular formula is C15H21NO2. The number of aliphatic hydroxyl groups is 1. The Balaban J connectivity index is 1.70. The first-order chi connectivity index (χ1) is 8.77. The minimum atomic E-state index is -0.553. The maximum absolute atomic E-state index is 11.6. The zero-order valence-corrected chi connectivity index (χ0v) is 10.7. The van der Waals surface area contributed by atoms with Crippen LogP contribution in [-0.4, -0.2) is 28.7 Å². The molecule has 1 fully saturated rings. The summed E-state index contributed by atoms with van der Waals surface area (Å²) in [7, 11) is 0. The third-order valence-corrected chi connectivity index (χ3v) is 3.49. The summed E-state index contributed by atoms with van der Waals surface area (Å²) in [6.07, 6.45) is 4.64. The molecule has 1 N–H and O–H groups in total. The lowest BCUT2D eigenvalue weighted by molar-refractivity contribution is -0.146. The fraction of sp³-hybridized carbons (Fsp3) is 0.533. The summed E-state index contributed by atoms with van der Waals surface area (Å²) in [4.78, 5) is 13.3. The molecule has 3 heteroatoms. The number of amides is 1. The number of likely N-dealkylation sites (tertiary alicyclic amines) is 1. The molecule has 18 heavy (non-hydrogen) atoms. The van der Waals surface area contributed by atoms with Crippen molar-refractivity contribution < 1.29 is 9.90 Å². The standard InChI is InChI=1S/C15H21NO2/c17-14-10-6-11-15(18)16(14)12-5-4-9-13-7-2-1-3-8-13/h1-3,7-8,14,17H,4-6,9-12H2. The van der Waals surface area contributed by atoms with Crippen LogP contribution < -0.4 is 0 Å². The number of nitrogens with zero attached hydrogens (tertiary/aromatic N) is 1. The van der Waals surface area contributed by atoms with Gasteiger partial charge in [-0.15, -0.1) is 0 Å². The quantitative estimate of drug-likeness (QED) is 0.811. The largest absolute Gasteiger partial charge is 0.374 e. The Kier molecular flexibility index (Phi) is 4.76. The molecule has 1 unspecified atom stereocenters. The van der Waals surface area contributed by atoms with E-state index >= 15 is 0 Å². The lowest BCUT2D eigenvalue weighted by Gasteiger charge is -2.32. The summed E-state index contributed by atoms with van der Waals surface area (Å²) in [6.45, 7) is 0.687. The molecule has 0 aliphatic carbocycles. The highest BCUT2D eigenvalue weighted by molar-refractivity contribution is 5.77. The molecule has 3 nitrogen and oxygen atoms in total. The molecule has 2 rings (SSSR count). The number of benzene rings is 1. The molecule has 1 amide bonds. The van der Waals surface area contributed by atoms with E-state index in [9.17, 15) is 9.90 Å². The zero-order valence-electron chi connectivity index (χ0n) is 10.7. The Morgan fingerprint density at radius 2 is 2.00 bits per heavy atom. The van der Waals surface area contributed by atoms with Crippen molar-refractivity contribution in [3.63, 3.8) is 0 Å². The Hall–Kier alpha value is -1.35. The highest BCUT2D eigenvalue weighted by Crippen LogP contribution is 2.17. The second-order valence-corrected chi connectivity index (χ2v) is 4.90. The van der Waals surface area contributed by atoms with Gasteiger partial charge in [0.2, 0.25) is 5.91 Å². The SMILES string of the molecule is O=C1CCCC(O)N1CCCCc1ccccc1. The van der Waals surface area contributed by atoms with E-state index in [1.165, 1.54) is 5.56 Å². The van der Waals surface area contributed by atoms with Crippen molar-refractivity contribution in [2.45, 2.75) is 44.8 Å². The van der Waals surface area contributed by atoms with Crippen LogP contribution in [0.2, 0.25) is 0 Å². The van der Waals surface area contributed by atoms with Crippen LogP contribution in [0.3, 0.4) is 0 Å². The van der Waals surface area contributed by atoms with Gasteiger partial charge in [-0.3, -0.25) is 4.79 Å². The number of carbonyl (C=O) groups excluding carboxylic acids is 1. The van der Waals surface area contributed by atoms with E-state index < -0.39 is 6.23 Å². The van der Waals surface area contributed by atoms with Crippen LogP contribution in [0.1, 0.15) is 37.7 Å². The van der Waals surface area contributed by atoms with E-state index in [1.54, 1.807) is 4.90 Å². The van der Waals surface area contributed by atoms with Crippen LogP contribution in [-0.2, 0) is 11.2 Å². The number of hydrogen-bond acceptors (Lipinski definition) is 2. The first-order valence-corrected chi connectivity index (χ1v) is 6.79. The Labute approximate surface area is 108 Å². The summed E-state index contributed by atoms with van der Waals surface area (Å²) in [6, 6.07) is 10.4. The van der Waals surface area contributed by atoms with Gasteiger partial charge in [0.25, 0.3) is 0 Å². The number of unbranched alkanes of at least 4 members (excludes halogenated alkanes) is 1. The van der Waals surface area contributed by atoms with Crippen LogP contribution >= 0.6 is 0 Å². The maximum Gasteiger partial charge on any atom is 0.224 e. The van der Waals surface area contributed by atoms with Crippen molar-refractivity contribution >= 4 is 5.91 Å². The van der Waals surface area contributed by atoms with Crippen molar-refractivity contribution in [1.29, 1.82) is 0 Å². The van der Waals surface area contributed by atoms with Crippen molar-refractivity contribution in [2.24, 2.45) is 0 Å². The summed E-state index contributed by atoms with van der Waals surface area (Å²) in [5, 5.41) is 9.76. The summed E-state index contributed by atoms with van der Waals surface area (Å²) < 4.78 is 0. The lowest BCUT2D eigenvalue weighted by Crippen LogP contribution is -2.43. The number of aliphatic hydroxyl groups excluding tert-OH is 1. The molecule has 98 valence electrons. The molecule has 0 radical (unpaired) electrons. The third-order valence-electron chi connectivity index (χ3n) is 3.49. The van der Waals surface area contributed by atoms with E-state index in [0.29, 0.717) is 13.0 Å². The van der Waals surface area contributed by atoms with E-state index in [-0.39, 0.29) is 5.91 Å². The third kappa shape index (κ3) is 3.57. The van der Waals surface area contributed by atoms with Gasteiger partial charge in [-0.1, -0.05) is 30.3 Å². The van der Waals surface area contributed by atoms with Gasteiger partial charge < -0.3 is 10.0 Å². The molecule has 0 spiro atoms. The number of aryl methyl sites for hydroxylation is 1. The number of carbonyl (C=O) groups is 1. The number of piperidine rings is 1. The minimum absolute atomic E-state index is 0.105. The predicted octanol–water partition coefficient (Wildman–Crippen LogP) is 2.34. The summed E-state index contributed by atoms with van der Waals surface area (Å²) in [5.41, 5.74) is 1.34. The molecule has 0 saturated carbocycles. The fourth-order valence-corrected chi connectivity index (χ4v) is 2.43. The monoisotopic (exact) mass is 247 g/mol. The molecule has 1 aliphatic heterocycles. The fourth-order valence-electron chi connectivity index (χ4n) is 2.43. The van der Waals surface area contributed by atoms with Crippen molar-refractivity contribution in [2.75, 3.05) is 6.54 Å². The van der Waals surface area contributed by atoms with Crippen molar-refractivity contribution in [3.05, 3.63) is 35.9 Å². The van der Waals surface area contributed by atoms with Crippen LogP contribution in [0.5, 0.6) is 0 Å². The van der Waals surface area contributed by atoms with E-state index in [0.717, 1.165) is 32.1 Å². The van der Waals surface area contributed by atoms with E-state index in [4.69, 9.17) is 0 Å². The summed E-state index contributed by atoms with van der Waals surface area (Å²) in [5.74, 6) is 0.105. The Bertz CT molecular complexity index is 377. The summed E-state index contributed by atoms with van der Waals surface area (Å²) >= 11 is 0. The lowest BCUT2D eigenvalue weighted by atomic mass is 10.1. The van der Waals surface area contributed by atoms with E-state index in [1.807, 2.05) is 18.2 Å². The molecule has 1 saturated heterocycles. The maximum atomic E-state index is 11.6. The van der Waals surface area contributed by atoms with Crippen LogP contribution in [0.4, 0.5) is 0 Å². The second-order valence-electron chi connectivity index (χ2n) is 4.90. The molecule has 1 aromatic carbocycles. The Morgan fingerprint density at radius 3 is 2.72 bits per heavy atom. The van der Waals surface area contributed by atoms with Gasteiger partial charge >= 0.3 is 0 Å². The zero-order chi connectivity index (χ0) is 12.8. The van der Waals surface area contributed by atoms with Gasteiger partial charge in [0.05, 0.1) is 0 Å². The molecule has 1 heterocycles. The smallest absolute Gasteiger partial charge is 0.224 e. The first kappa shape index (κ1) is 13.1. The van der Waals surface area contributed by atoms with Gasteiger partial charge in [0.15, 0.2) is 0 Å². The molecule has 0 bridgehead atoms. The highest BCUT2D eigenvalue weighted by atomic mass is 16.3. The van der Waals surface area contributed by atoms with Crippen LogP contribution in [0.25, 0.3) is 0 Å². The van der Waals surface area contributed by atoms with Crippen molar-refractivity contribution in [3.8, 4) is 0 Å². The number of rotatable bonds is 5. The predicted molar refractivity (Wildman–Crippen MR) is 71.0 cm³/mol. The highest BCUT2D eigenvalue weighted by Gasteiger charge is 2.25. The van der Waals surface area contributed by atoms with Crippen molar-refractivity contribution in [1.82, 2.24) is 4.90 Å². The van der Waals surface area contributed by atoms with Gasteiger partial charge in [-0.05, 0) is 37.7 Å². The van der Waals surface area contributed by atoms with Crippen LogP contribution in [0.15, 0.2) is 30.3 Å². The molecule has 1 atom stereocenters. The average molecular weight is 247 g/mol. The molecule has 1 aliphatic rings. The first-order valence-electron chi connectivity index (χ1n) is 6.79. The molecule has 1 aromatic rings. The van der Waals surface area contributed by atoms with Gasteiger partial charge in [0, 0.05) is 13.0 Å². The van der Waals surface area contributed by atoms with Gasteiger partial charge in [-0.25, -0.2) is 0 Å². The van der Waals surface area contributed by atoms with E-state index in [2.05, 4.69) is 12.1 Å². The number of hydrogen-bond donors (Lipinski definition) is 1. The minimum Gasteiger partial charge on any atom is -0.374 e. The molecule has 0 aromatic heterocycles.